The highest BCUT2D eigenvalue weighted by Gasteiger charge is 2.05. The summed E-state index contributed by atoms with van der Waals surface area (Å²) in [6, 6.07) is 0. The van der Waals surface area contributed by atoms with Gasteiger partial charge in [0.2, 0.25) is 11.8 Å². The van der Waals surface area contributed by atoms with E-state index in [2.05, 4.69) is 20.9 Å². The van der Waals surface area contributed by atoms with Crippen LogP contribution in [0, 0.1) is 0 Å². The standard InChI is InChI=1S/C12H22N6O2/c1-10(19)14-6-7-15-12(20)9-18-8-11(16-17-18)4-2-3-5-13/h8H,2-7,9,13H2,1H3,(H,14,19)(H,15,20). The maximum absolute atomic E-state index is 11.6. The highest BCUT2D eigenvalue weighted by Crippen LogP contribution is 2.00. The molecular weight excluding hydrogens is 260 g/mol. The van der Waals surface area contributed by atoms with Crippen molar-refractivity contribution in [3.8, 4) is 0 Å². The molecule has 0 spiro atoms. The van der Waals surface area contributed by atoms with Gasteiger partial charge in [0.1, 0.15) is 6.54 Å². The first-order valence-corrected chi connectivity index (χ1v) is 6.72. The van der Waals surface area contributed by atoms with Crippen LogP contribution in [0.1, 0.15) is 25.5 Å². The number of rotatable bonds is 9. The Balaban J connectivity index is 2.22. The summed E-state index contributed by atoms with van der Waals surface area (Å²) in [7, 11) is 0. The molecule has 112 valence electrons. The number of carbonyl (C=O) groups excluding carboxylic acids is 2. The van der Waals surface area contributed by atoms with E-state index in [-0.39, 0.29) is 18.4 Å². The van der Waals surface area contributed by atoms with Crippen molar-refractivity contribution in [3.05, 3.63) is 11.9 Å². The molecular formula is C12H22N6O2. The molecule has 0 bridgehead atoms. The first-order valence-electron chi connectivity index (χ1n) is 6.72. The van der Waals surface area contributed by atoms with Crippen molar-refractivity contribution in [2.24, 2.45) is 5.73 Å². The maximum atomic E-state index is 11.6. The Morgan fingerprint density at radius 3 is 2.75 bits per heavy atom. The lowest BCUT2D eigenvalue weighted by atomic mass is 10.2. The van der Waals surface area contributed by atoms with Crippen molar-refractivity contribution in [3.63, 3.8) is 0 Å². The normalized spacial score (nSPS) is 10.3. The number of aryl methyl sites for hydroxylation is 1. The van der Waals surface area contributed by atoms with E-state index in [1.54, 1.807) is 6.20 Å². The molecule has 8 nitrogen and oxygen atoms in total. The summed E-state index contributed by atoms with van der Waals surface area (Å²) < 4.78 is 1.51. The number of hydrogen-bond acceptors (Lipinski definition) is 5. The van der Waals surface area contributed by atoms with Crippen molar-refractivity contribution in [1.82, 2.24) is 25.6 Å². The second kappa shape index (κ2) is 9.03. The summed E-state index contributed by atoms with van der Waals surface area (Å²) in [6.45, 7) is 3.05. The van der Waals surface area contributed by atoms with Gasteiger partial charge >= 0.3 is 0 Å². The Morgan fingerprint density at radius 1 is 1.30 bits per heavy atom. The summed E-state index contributed by atoms with van der Waals surface area (Å²) in [5.74, 6) is -0.272. The van der Waals surface area contributed by atoms with E-state index in [1.165, 1.54) is 11.6 Å². The number of nitrogens with one attached hydrogen (secondary N) is 2. The van der Waals surface area contributed by atoms with Crippen LogP contribution in [-0.4, -0.2) is 46.4 Å². The molecule has 1 aromatic rings. The molecule has 0 radical (unpaired) electrons. The number of nitrogens with two attached hydrogens (primary N) is 1. The van der Waals surface area contributed by atoms with E-state index in [0.29, 0.717) is 19.6 Å². The third-order valence-corrected chi connectivity index (χ3v) is 2.60. The zero-order chi connectivity index (χ0) is 14.8. The van der Waals surface area contributed by atoms with E-state index in [4.69, 9.17) is 5.73 Å². The number of hydrogen-bond donors (Lipinski definition) is 3. The van der Waals surface area contributed by atoms with Gasteiger partial charge in [-0.05, 0) is 25.8 Å². The predicted octanol–water partition coefficient (Wildman–Crippen LogP) is -1.19. The zero-order valence-electron chi connectivity index (χ0n) is 11.8. The van der Waals surface area contributed by atoms with E-state index >= 15 is 0 Å². The van der Waals surface area contributed by atoms with Gasteiger partial charge in [0, 0.05) is 26.2 Å². The topological polar surface area (TPSA) is 115 Å². The molecule has 0 fully saturated rings. The third-order valence-electron chi connectivity index (χ3n) is 2.60. The molecule has 0 aliphatic carbocycles. The SMILES string of the molecule is CC(=O)NCCNC(=O)Cn1cc(CCCCN)nn1. The average Bonchev–Trinajstić information content (AvgIpc) is 2.82. The number of unbranched alkanes of at least 4 members (excludes halogenated alkanes) is 1. The Labute approximate surface area is 118 Å². The number of nitrogens with zero attached hydrogens (tertiary/aromatic N) is 3. The first-order chi connectivity index (χ1) is 9.61. The van der Waals surface area contributed by atoms with Crippen molar-refractivity contribution < 1.29 is 9.59 Å². The Kier molecular flexibility index (Phi) is 7.26. The molecule has 0 saturated carbocycles. The lowest BCUT2D eigenvalue weighted by molar-refractivity contribution is -0.122. The van der Waals surface area contributed by atoms with Gasteiger partial charge < -0.3 is 16.4 Å². The largest absolute Gasteiger partial charge is 0.355 e. The van der Waals surface area contributed by atoms with Crippen molar-refractivity contribution in [1.29, 1.82) is 0 Å². The van der Waals surface area contributed by atoms with Crippen LogP contribution in [0.25, 0.3) is 0 Å². The molecule has 0 saturated heterocycles. The van der Waals surface area contributed by atoms with E-state index in [0.717, 1.165) is 25.0 Å². The van der Waals surface area contributed by atoms with Crippen molar-refractivity contribution in [2.45, 2.75) is 32.7 Å². The highest BCUT2D eigenvalue weighted by molar-refractivity contribution is 5.76. The van der Waals surface area contributed by atoms with E-state index < -0.39 is 0 Å². The molecule has 0 unspecified atom stereocenters. The molecule has 4 N–H and O–H groups in total. The van der Waals surface area contributed by atoms with Crippen LogP contribution in [-0.2, 0) is 22.6 Å². The lowest BCUT2D eigenvalue weighted by Gasteiger charge is -2.05. The summed E-state index contributed by atoms with van der Waals surface area (Å²) in [4.78, 5) is 22.2. The summed E-state index contributed by atoms with van der Waals surface area (Å²) >= 11 is 0. The smallest absolute Gasteiger partial charge is 0.241 e. The van der Waals surface area contributed by atoms with Gasteiger partial charge in [-0.15, -0.1) is 5.10 Å². The molecule has 20 heavy (non-hydrogen) atoms. The van der Waals surface area contributed by atoms with Crippen LogP contribution in [0.5, 0.6) is 0 Å². The van der Waals surface area contributed by atoms with Gasteiger partial charge in [-0.2, -0.15) is 0 Å². The molecule has 1 rings (SSSR count). The number of amides is 2. The van der Waals surface area contributed by atoms with Gasteiger partial charge in [0.25, 0.3) is 0 Å². The third kappa shape index (κ3) is 6.83. The fourth-order valence-corrected chi connectivity index (χ4v) is 1.62. The molecule has 2 amide bonds. The first kappa shape index (κ1) is 16.1. The minimum Gasteiger partial charge on any atom is -0.355 e. The van der Waals surface area contributed by atoms with Gasteiger partial charge in [-0.1, -0.05) is 5.21 Å². The second-order valence-corrected chi connectivity index (χ2v) is 4.49. The number of carbonyl (C=O) groups is 2. The fourth-order valence-electron chi connectivity index (χ4n) is 1.62. The van der Waals surface area contributed by atoms with Crippen LogP contribution in [0.2, 0.25) is 0 Å². The van der Waals surface area contributed by atoms with Gasteiger partial charge in [-0.25, -0.2) is 4.68 Å². The van der Waals surface area contributed by atoms with Crippen LogP contribution >= 0.6 is 0 Å². The van der Waals surface area contributed by atoms with Gasteiger partial charge in [-0.3, -0.25) is 9.59 Å². The lowest BCUT2D eigenvalue weighted by Crippen LogP contribution is -2.35. The van der Waals surface area contributed by atoms with E-state index in [9.17, 15) is 9.59 Å². The summed E-state index contributed by atoms with van der Waals surface area (Å²) in [5.41, 5.74) is 6.29. The van der Waals surface area contributed by atoms with Crippen molar-refractivity contribution >= 4 is 11.8 Å². The minimum atomic E-state index is -0.159. The summed E-state index contributed by atoms with van der Waals surface area (Å²) in [5, 5.41) is 13.2. The zero-order valence-corrected chi connectivity index (χ0v) is 11.8. The minimum absolute atomic E-state index is 0.113. The Hall–Kier alpha value is -1.96. The Bertz CT molecular complexity index is 431. The molecule has 0 aliphatic rings. The maximum Gasteiger partial charge on any atom is 0.241 e. The van der Waals surface area contributed by atoms with E-state index in [1.807, 2.05) is 0 Å². The van der Waals surface area contributed by atoms with Gasteiger partial charge in [0.05, 0.1) is 5.69 Å². The second-order valence-electron chi connectivity index (χ2n) is 4.49. The van der Waals surface area contributed by atoms with Crippen LogP contribution in [0.3, 0.4) is 0 Å². The quantitative estimate of drug-likeness (QED) is 0.493. The molecule has 1 heterocycles. The molecule has 0 aromatic carbocycles. The predicted molar refractivity (Wildman–Crippen MR) is 73.7 cm³/mol. The fraction of sp³-hybridized carbons (Fsp3) is 0.667. The van der Waals surface area contributed by atoms with Crippen LogP contribution < -0.4 is 16.4 Å². The monoisotopic (exact) mass is 282 g/mol. The Morgan fingerprint density at radius 2 is 2.05 bits per heavy atom. The average molecular weight is 282 g/mol. The van der Waals surface area contributed by atoms with Crippen LogP contribution in [0.15, 0.2) is 6.20 Å². The highest BCUT2D eigenvalue weighted by atomic mass is 16.2. The van der Waals surface area contributed by atoms with Crippen molar-refractivity contribution in [2.75, 3.05) is 19.6 Å². The summed E-state index contributed by atoms with van der Waals surface area (Å²) in [6.07, 6.45) is 4.51. The molecule has 1 aromatic heterocycles. The molecule has 8 heteroatoms. The van der Waals surface area contributed by atoms with Gasteiger partial charge in [0.15, 0.2) is 0 Å². The number of aromatic nitrogens is 3. The van der Waals surface area contributed by atoms with Crippen LogP contribution in [0.4, 0.5) is 0 Å². The molecule has 0 aliphatic heterocycles. The molecule has 0 atom stereocenters.